The molecule has 18 heavy (non-hydrogen) atoms. The first-order chi connectivity index (χ1) is 8.63. The highest BCUT2D eigenvalue weighted by Gasteiger charge is 2.23. The molecule has 0 radical (unpaired) electrons. The summed E-state index contributed by atoms with van der Waals surface area (Å²) < 4.78 is 4.76. The van der Waals surface area contributed by atoms with Gasteiger partial charge in [0.15, 0.2) is 0 Å². The van der Waals surface area contributed by atoms with Crippen molar-refractivity contribution in [1.29, 1.82) is 0 Å². The van der Waals surface area contributed by atoms with Gasteiger partial charge in [0.2, 0.25) is 5.91 Å². The Labute approximate surface area is 108 Å². The van der Waals surface area contributed by atoms with Crippen LogP contribution >= 0.6 is 0 Å². The molecule has 5 nitrogen and oxygen atoms in total. The molecule has 0 aromatic carbocycles. The first kappa shape index (κ1) is 15.0. The largest absolute Gasteiger partial charge is 0.466 e. The van der Waals surface area contributed by atoms with Gasteiger partial charge >= 0.3 is 5.97 Å². The van der Waals surface area contributed by atoms with Crippen LogP contribution in [-0.2, 0) is 14.3 Å². The summed E-state index contributed by atoms with van der Waals surface area (Å²) in [6.45, 7) is 2.07. The fraction of sp³-hybridized carbons (Fsp3) is 0.846. The van der Waals surface area contributed by atoms with Gasteiger partial charge < -0.3 is 15.2 Å². The standard InChI is InChI=1S/C13H23NO4/c1-2-18-13(17)9-8-12(16)14-10-6-4-3-5-7-11(10)15/h10-11,15H,2-9H2,1H3,(H,14,16). The molecule has 0 aliphatic heterocycles. The van der Waals surface area contributed by atoms with Gasteiger partial charge in [0, 0.05) is 6.42 Å². The average Bonchev–Trinajstić information content (AvgIpc) is 2.53. The summed E-state index contributed by atoms with van der Waals surface area (Å²) in [7, 11) is 0. The maximum absolute atomic E-state index is 11.6. The Hall–Kier alpha value is -1.10. The summed E-state index contributed by atoms with van der Waals surface area (Å²) in [5.74, 6) is -0.539. The number of nitrogens with one attached hydrogen (secondary N) is 1. The summed E-state index contributed by atoms with van der Waals surface area (Å²) in [5.41, 5.74) is 0. The molecule has 1 saturated carbocycles. The Morgan fingerprint density at radius 2 is 1.94 bits per heavy atom. The molecule has 0 saturated heterocycles. The SMILES string of the molecule is CCOC(=O)CCC(=O)NC1CCCCCC1O. The van der Waals surface area contributed by atoms with E-state index in [9.17, 15) is 14.7 Å². The molecule has 1 rings (SSSR count). The minimum atomic E-state index is -0.459. The van der Waals surface area contributed by atoms with Crippen molar-refractivity contribution in [2.75, 3.05) is 6.61 Å². The Morgan fingerprint density at radius 3 is 2.67 bits per heavy atom. The molecule has 0 aromatic rings. The molecule has 0 heterocycles. The molecule has 1 aliphatic carbocycles. The molecular weight excluding hydrogens is 234 g/mol. The van der Waals surface area contributed by atoms with E-state index < -0.39 is 6.10 Å². The van der Waals surface area contributed by atoms with E-state index in [0.29, 0.717) is 6.61 Å². The Morgan fingerprint density at radius 1 is 1.22 bits per heavy atom. The zero-order valence-electron chi connectivity index (χ0n) is 11.0. The van der Waals surface area contributed by atoms with E-state index in [2.05, 4.69) is 5.32 Å². The number of carbonyl (C=O) groups is 2. The Balaban J connectivity index is 2.27. The van der Waals surface area contributed by atoms with Crippen molar-refractivity contribution in [3.8, 4) is 0 Å². The zero-order valence-corrected chi connectivity index (χ0v) is 11.0. The van der Waals surface area contributed by atoms with Crippen LogP contribution in [0.25, 0.3) is 0 Å². The van der Waals surface area contributed by atoms with Crippen LogP contribution in [-0.4, -0.2) is 35.7 Å². The third-order valence-electron chi connectivity index (χ3n) is 3.19. The fourth-order valence-electron chi connectivity index (χ4n) is 2.18. The van der Waals surface area contributed by atoms with E-state index in [4.69, 9.17) is 4.74 Å². The van der Waals surface area contributed by atoms with Crippen molar-refractivity contribution < 1.29 is 19.4 Å². The molecule has 104 valence electrons. The van der Waals surface area contributed by atoms with Gasteiger partial charge in [-0.15, -0.1) is 0 Å². The lowest BCUT2D eigenvalue weighted by molar-refractivity contribution is -0.144. The number of amides is 1. The van der Waals surface area contributed by atoms with Gasteiger partial charge in [0.1, 0.15) is 0 Å². The number of ether oxygens (including phenoxy) is 1. The number of hydrogen-bond donors (Lipinski definition) is 2. The van der Waals surface area contributed by atoms with Crippen molar-refractivity contribution in [3.63, 3.8) is 0 Å². The number of hydrogen-bond acceptors (Lipinski definition) is 4. The van der Waals surface area contributed by atoms with Crippen LogP contribution in [0.2, 0.25) is 0 Å². The van der Waals surface area contributed by atoms with Crippen LogP contribution in [0.5, 0.6) is 0 Å². The second kappa shape index (κ2) is 8.08. The van der Waals surface area contributed by atoms with Crippen LogP contribution in [0, 0.1) is 0 Å². The molecule has 2 atom stereocenters. The van der Waals surface area contributed by atoms with E-state index in [0.717, 1.165) is 32.1 Å². The fourth-order valence-corrected chi connectivity index (χ4v) is 2.18. The molecule has 0 spiro atoms. The topological polar surface area (TPSA) is 75.6 Å². The van der Waals surface area contributed by atoms with Crippen LogP contribution in [0.1, 0.15) is 51.9 Å². The van der Waals surface area contributed by atoms with Crippen LogP contribution in [0.4, 0.5) is 0 Å². The van der Waals surface area contributed by atoms with E-state index in [1.54, 1.807) is 6.92 Å². The lowest BCUT2D eigenvalue weighted by Crippen LogP contribution is -2.42. The van der Waals surface area contributed by atoms with Crippen molar-refractivity contribution in [2.24, 2.45) is 0 Å². The van der Waals surface area contributed by atoms with Gasteiger partial charge in [-0.25, -0.2) is 0 Å². The highest BCUT2D eigenvalue weighted by atomic mass is 16.5. The van der Waals surface area contributed by atoms with Gasteiger partial charge in [0.05, 0.1) is 25.2 Å². The predicted octanol–water partition coefficient (Wildman–Crippen LogP) is 1.14. The second-order valence-corrected chi connectivity index (χ2v) is 4.68. The van der Waals surface area contributed by atoms with E-state index in [1.165, 1.54) is 0 Å². The Kier molecular flexibility index (Phi) is 6.72. The van der Waals surface area contributed by atoms with E-state index >= 15 is 0 Å². The van der Waals surface area contributed by atoms with Crippen LogP contribution in [0.3, 0.4) is 0 Å². The summed E-state index contributed by atoms with van der Waals surface area (Å²) in [4.78, 5) is 22.8. The van der Waals surface area contributed by atoms with Gasteiger partial charge in [0.25, 0.3) is 0 Å². The number of esters is 1. The highest BCUT2D eigenvalue weighted by Crippen LogP contribution is 2.18. The number of carbonyl (C=O) groups excluding carboxylic acids is 2. The quantitative estimate of drug-likeness (QED) is 0.572. The monoisotopic (exact) mass is 257 g/mol. The van der Waals surface area contributed by atoms with Crippen molar-refractivity contribution in [3.05, 3.63) is 0 Å². The van der Waals surface area contributed by atoms with E-state index in [-0.39, 0.29) is 30.8 Å². The number of aliphatic hydroxyl groups excluding tert-OH is 1. The summed E-state index contributed by atoms with van der Waals surface area (Å²) in [5, 5.41) is 12.7. The molecule has 2 unspecified atom stereocenters. The maximum Gasteiger partial charge on any atom is 0.306 e. The minimum Gasteiger partial charge on any atom is -0.466 e. The van der Waals surface area contributed by atoms with Crippen LogP contribution in [0.15, 0.2) is 0 Å². The molecule has 0 bridgehead atoms. The molecule has 1 aliphatic rings. The lowest BCUT2D eigenvalue weighted by Gasteiger charge is -2.21. The highest BCUT2D eigenvalue weighted by molar-refractivity contribution is 5.81. The zero-order chi connectivity index (χ0) is 13.4. The molecule has 1 amide bonds. The first-order valence-electron chi connectivity index (χ1n) is 6.76. The Bertz CT molecular complexity index is 280. The molecular formula is C13H23NO4. The first-order valence-corrected chi connectivity index (χ1v) is 6.76. The normalized spacial score (nSPS) is 24.1. The second-order valence-electron chi connectivity index (χ2n) is 4.68. The third kappa shape index (κ3) is 5.49. The predicted molar refractivity (Wildman–Crippen MR) is 66.9 cm³/mol. The molecule has 0 aromatic heterocycles. The summed E-state index contributed by atoms with van der Waals surface area (Å²) in [6, 6.07) is -0.165. The van der Waals surface area contributed by atoms with Gasteiger partial charge in [-0.1, -0.05) is 19.3 Å². The van der Waals surface area contributed by atoms with E-state index in [1.807, 2.05) is 0 Å². The van der Waals surface area contributed by atoms with Gasteiger partial charge in [-0.2, -0.15) is 0 Å². The van der Waals surface area contributed by atoms with Crippen molar-refractivity contribution >= 4 is 11.9 Å². The molecule has 2 N–H and O–H groups in total. The van der Waals surface area contributed by atoms with Crippen LogP contribution < -0.4 is 5.32 Å². The van der Waals surface area contributed by atoms with Gasteiger partial charge in [-0.05, 0) is 19.8 Å². The molecule has 1 fully saturated rings. The maximum atomic E-state index is 11.6. The minimum absolute atomic E-state index is 0.0997. The van der Waals surface area contributed by atoms with Crippen molar-refractivity contribution in [1.82, 2.24) is 5.32 Å². The molecule has 5 heteroatoms. The van der Waals surface area contributed by atoms with Crippen molar-refractivity contribution in [2.45, 2.75) is 64.0 Å². The number of aliphatic hydroxyl groups is 1. The van der Waals surface area contributed by atoms with Gasteiger partial charge in [-0.3, -0.25) is 9.59 Å². The third-order valence-corrected chi connectivity index (χ3v) is 3.19. The summed E-state index contributed by atoms with van der Waals surface area (Å²) >= 11 is 0. The average molecular weight is 257 g/mol. The summed E-state index contributed by atoms with van der Waals surface area (Å²) in [6.07, 6.45) is 4.46. The number of rotatable bonds is 5. The smallest absolute Gasteiger partial charge is 0.306 e. The lowest BCUT2D eigenvalue weighted by atomic mass is 10.1.